The standard InChI is InChI=1S/C10H17NO3/c1-2-3-8(12)7-6-13-9-4-5-14-10(7,9)11/h2,7-9,12H,1,3-6,11H2/t7?,8?,9-,10-/m1/s1. The number of hydrogen-bond acceptors (Lipinski definition) is 4. The quantitative estimate of drug-likeness (QED) is 0.629. The topological polar surface area (TPSA) is 64.7 Å². The van der Waals surface area contributed by atoms with E-state index in [1.807, 2.05) is 0 Å². The van der Waals surface area contributed by atoms with Crippen LogP contribution in [-0.2, 0) is 9.47 Å². The van der Waals surface area contributed by atoms with Gasteiger partial charge in [-0.1, -0.05) is 6.08 Å². The van der Waals surface area contributed by atoms with Crippen molar-refractivity contribution in [1.29, 1.82) is 0 Å². The molecule has 2 fully saturated rings. The molecule has 0 radical (unpaired) electrons. The Bertz CT molecular complexity index is 233. The van der Waals surface area contributed by atoms with E-state index in [-0.39, 0.29) is 12.0 Å². The van der Waals surface area contributed by atoms with Gasteiger partial charge in [-0.05, 0) is 6.42 Å². The van der Waals surface area contributed by atoms with Crippen molar-refractivity contribution in [2.75, 3.05) is 13.2 Å². The Balaban J connectivity index is 2.09. The van der Waals surface area contributed by atoms with E-state index in [1.165, 1.54) is 0 Å². The van der Waals surface area contributed by atoms with Crippen LogP contribution in [0.1, 0.15) is 12.8 Å². The lowest BCUT2D eigenvalue weighted by Crippen LogP contribution is -2.54. The van der Waals surface area contributed by atoms with Gasteiger partial charge in [-0.15, -0.1) is 6.58 Å². The average molecular weight is 199 g/mol. The van der Waals surface area contributed by atoms with Crippen molar-refractivity contribution in [2.45, 2.75) is 30.8 Å². The van der Waals surface area contributed by atoms with Gasteiger partial charge in [0.05, 0.1) is 25.2 Å². The van der Waals surface area contributed by atoms with Crippen LogP contribution in [0, 0.1) is 5.92 Å². The van der Waals surface area contributed by atoms with Crippen molar-refractivity contribution >= 4 is 0 Å². The molecule has 2 saturated heterocycles. The fourth-order valence-corrected chi connectivity index (χ4v) is 2.32. The van der Waals surface area contributed by atoms with Gasteiger partial charge in [-0.2, -0.15) is 0 Å². The second-order valence-corrected chi connectivity index (χ2v) is 4.01. The van der Waals surface area contributed by atoms with E-state index < -0.39 is 11.8 Å². The molecule has 2 unspecified atom stereocenters. The van der Waals surface area contributed by atoms with Crippen LogP contribution in [0.15, 0.2) is 12.7 Å². The summed E-state index contributed by atoms with van der Waals surface area (Å²) in [7, 11) is 0. The lowest BCUT2D eigenvalue weighted by molar-refractivity contribution is -0.0692. The number of rotatable bonds is 3. The van der Waals surface area contributed by atoms with E-state index >= 15 is 0 Å². The van der Waals surface area contributed by atoms with Crippen molar-refractivity contribution in [2.24, 2.45) is 11.7 Å². The largest absolute Gasteiger partial charge is 0.392 e. The molecule has 0 aliphatic carbocycles. The van der Waals surface area contributed by atoms with E-state index in [1.54, 1.807) is 6.08 Å². The van der Waals surface area contributed by atoms with E-state index in [4.69, 9.17) is 15.2 Å². The number of ether oxygens (including phenoxy) is 2. The zero-order chi connectivity index (χ0) is 10.2. The molecule has 0 aromatic heterocycles. The van der Waals surface area contributed by atoms with Gasteiger partial charge in [-0.25, -0.2) is 0 Å². The molecule has 0 spiro atoms. The molecule has 80 valence electrons. The van der Waals surface area contributed by atoms with Gasteiger partial charge in [0.25, 0.3) is 0 Å². The summed E-state index contributed by atoms with van der Waals surface area (Å²) in [6, 6.07) is 0. The number of nitrogens with two attached hydrogens (primary N) is 1. The Morgan fingerprint density at radius 3 is 3.21 bits per heavy atom. The fourth-order valence-electron chi connectivity index (χ4n) is 2.32. The minimum atomic E-state index is -0.775. The molecule has 3 N–H and O–H groups in total. The Morgan fingerprint density at radius 2 is 2.50 bits per heavy atom. The minimum Gasteiger partial charge on any atom is -0.392 e. The third kappa shape index (κ3) is 1.39. The summed E-state index contributed by atoms with van der Waals surface area (Å²) in [5, 5.41) is 9.85. The molecule has 2 aliphatic heterocycles. The molecule has 0 bridgehead atoms. The second kappa shape index (κ2) is 3.62. The van der Waals surface area contributed by atoms with Gasteiger partial charge < -0.3 is 20.3 Å². The minimum absolute atomic E-state index is 0.0491. The average Bonchev–Trinajstić information content (AvgIpc) is 2.60. The fraction of sp³-hybridized carbons (Fsp3) is 0.800. The highest BCUT2D eigenvalue weighted by Crippen LogP contribution is 2.39. The number of hydrogen-bond donors (Lipinski definition) is 2. The Kier molecular flexibility index (Phi) is 2.62. The summed E-state index contributed by atoms with van der Waals surface area (Å²) in [5.41, 5.74) is 5.32. The smallest absolute Gasteiger partial charge is 0.150 e. The van der Waals surface area contributed by atoms with Gasteiger partial charge in [0, 0.05) is 6.42 Å². The van der Waals surface area contributed by atoms with Crippen LogP contribution < -0.4 is 5.73 Å². The van der Waals surface area contributed by atoms with Gasteiger partial charge in [0.15, 0.2) is 5.72 Å². The molecule has 2 rings (SSSR count). The molecule has 0 amide bonds. The van der Waals surface area contributed by atoms with Crippen molar-refractivity contribution < 1.29 is 14.6 Å². The van der Waals surface area contributed by atoms with Crippen molar-refractivity contribution in [1.82, 2.24) is 0 Å². The normalized spacial score (nSPS) is 43.6. The van der Waals surface area contributed by atoms with Gasteiger partial charge >= 0.3 is 0 Å². The summed E-state index contributed by atoms with van der Waals surface area (Å²) in [5.74, 6) is -0.131. The highest BCUT2D eigenvalue weighted by atomic mass is 16.6. The first-order chi connectivity index (χ1) is 6.68. The zero-order valence-corrected chi connectivity index (χ0v) is 8.19. The molecule has 14 heavy (non-hydrogen) atoms. The molecule has 4 atom stereocenters. The Hall–Kier alpha value is -0.420. The third-order valence-electron chi connectivity index (χ3n) is 3.16. The van der Waals surface area contributed by atoms with Crippen LogP contribution in [0.2, 0.25) is 0 Å². The SMILES string of the molecule is C=CCC(O)C1CO[C@@H]2CCO[C@]12N. The monoisotopic (exact) mass is 199 g/mol. The molecule has 2 heterocycles. The van der Waals surface area contributed by atoms with Crippen molar-refractivity contribution in [3.8, 4) is 0 Å². The van der Waals surface area contributed by atoms with Gasteiger partial charge in [0.1, 0.15) is 6.10 Å². The maximum atomic E-state index is 9.85. The van der Waals surface area contributed by atoms with E-state index in [0.717, 1.165) is 6.42 Å². The van der Waals surface area contributed by atoms with Crippen molar-refractivity contribution in [3.63, 3.8) is 0 Å². The van der Waals surface area contributed by atoms with Crippen LogP contribution >= 0.6 is 0 Å². The first-order valence-electron chi connectivity index (χ1n) is 5.02. The summed E-state index contributed by atoms with van der Waals surface area (Å²) < 4.78 is 11.0. The van der Waals surface area contributed by atoms with Crippen LogP contribution in [0.25, 0.3) is 0 Å². The van der Waals surface area contributed by atoms with Crippen LogP contribution in [0.4, 0.5) is 0 Å². The van der Waals surface area contributed by atoms with E-state index in [9.17, 15) is 5.11 Å². The molecule has 4 nitrogen and oxygen atoms in total. The summed E-state index contributed by atoms with van der Waals surface area (Å²) in [6.45, 7) is 4.70. The molecular weight excluding hydrogens is 182 g/mol. The predicted octanol–water partition coefficient (Wildman–Crippen LogP) is 0.0137. The zero-order valence-electron chi connectivity index (χ0n) is 8.19. The van der Waals surface area contributed by atoms with Crippen LogP contribution in [-0.4, -0.2) is 36.3 Å². The first-order valence-corrected chi connectivity index (χ1v) is 5.02. The highest BCUT2D eigenvalue weighted by molar-refractivity contribution is 5.02. The van der Waals surface area contributed by atoms with Gasteiger partial charge in [0.2, 0.25) is 0 Å². The molecule has 0 aromatic rings. The molecule has 0 aromatic carbocycles. The first kappa shape index (κ1) is 10.1. The Labute approximate surface area is 83.7 Å². The summed E-state index contributed by atoms with van der Waals surface area (Å²) in [6.07, 6.45) is 2.49. The lowest BCUT2D eigenvalue weighted by atomic mass is 9.89. The molecule has 2 aliphatic rings. The molecular formula is C10H17NO3. The Morgan fingerprint density at radius 1 is 1.71 bits per heavy atom. The third-order valence-corrected chi connectivity index (χ3v) is 3.16. The summed E-state index contributed by atoms with van der Waals surface area (Å²) >= 11 is 0. The van der Waals surface area contributed by atoms with Gasteiger partial charge in [-0.3, -0.25) is 0 Å². The molecule has 0 saturated carbocycles. The van der Waals surface area contributed by atoms with Crippen molar-refractivity contribution in [3.05, 3.63) is 12.7 Å². The number of aliphatic hydroxyl groups excluding tert-OH is 1. The second-order valence-electron chi connectivity index (χ2n) is 4.01. The summed E-state index contributed by atoms with van der Waals surface area (Å²) in [4.78, 5) is 0. The highest BCUT2D eigenvalue weighted by Gasteiger charge is 2.55. The number of fused-ring (bicyclic) bond motifs is 1. The lowest BCUT2D eigenvalue weighted by Gasteiger charge is -2.30. The maximum absolute atomic E-state index is 9.85. The maximum Gasteiger partial charge on any atom is 0.150 e. The van der Waals surface area contributed by atoms with E-state index in [0.29, 0.717) is 19.6 Å². The molecule has 4 heteroatoms. The van der Waals surface area contributed by atoms with Crippen LogP contribution in [0.3, 0.4) is 0 Å². The van der Waals surface area contributed by atoms with E-state index in [2.05, 4.69) is 6.58 Å². The predicted molar refractivity (Wildman–Crippen MR) is 51.5 cm³/mol. The number of aliphatic hydroxyl groups is 1. The van der Waals surface area contributed by atoms with Crippen LogP contribution in [0.5, 0.6) is 0 Å².